The van der Waals surface area contributed by atoms with E-state index in [-0.39, 0.29) is 31.0 Å². The SMILES string of the molecule is CN1C[C@@]23CN(C(=O)NCCc4ccc(F)cc4)C[C@@H](C[C@@H]2S1(=O)=O)O3. The number of likely N-dealkylation sites (N-methyl/N-ethyl adjacent to an activating group) is 1. The number of amides is 2. The Balaban J connectivity index is 1.37. The number of halogens is 1. The number of nitrogens with zero attached hydrogens (tertiary/aromatic N) is 2. The van der Waals surface area contributed by atoms with Crippen LogP contribution < -0.4 is 5.32 Å². The van der Waals surface area contributed by atoms with Gasteiger partial charge in [-0.2, -0.15) is 0 Å². The Morgan fingerprint density at radius 2 is 2.08 bits per heavy atom. The van der Waals surface area contributed by atoms with E-state index in [2.05, 4.69) is 5.32 Å². The first-order valence-electron chi connectivity index (χ1n) is 8.70. The molecule has 3 atom stereocenters. The third-order valence-corrected chi connectivity index (χ3v) is 7.86. The van der Waals surface area contributed by atoms with E-state index in [1.807, 2.05) is 0 Å². The molecule has 0 aliphatic carbocycles. The minimum absolute atomic E-state index is 0.215. The number of fused-ring (bicyclic) bond motifs is 1. The van der Waals surface area contributed by atoms with Gasteiger partial charge in [0.15, 0.2) is 0 Å². The second kappa shape index (κ2) is 6.17. The fraction of sp³-hybridized carbons (Fsp3) is 0.588. The number of benzene rings is 1. The molecule has 142 valence electrons. The van der Waals surface area contributed by atoms with Crippen LogP contribution in [0.1, 0.15) is 12.0 Å². The van der Waals surface area contributed by atoms with Crippen LogP contribution in [0.3, 0.4) is 0 Å². The zero-order valence-electron chi connectivity index (χ0n) is 14.5. The van der Waals surface area contributed by atoms with E-state index < -0.39 is 20.9 Å². The summed E-state index contributed by atoms with van der Waals surface area (Å²) in [4.78, 5) is 14.2. The lowest BCUT2D eigenvalue weighted by molar-refractivity contribution is -0.0943. The Morgan fingerprint density at radius 3 is 2.81 bits per heavy atom. The van der Waals surface area contributed by atoms with Crippen molar-refractivity contribution in [2.45, 2.75) is 29.8 Å². The molecule has 3 saturated heterocycles. The molecule has 7 nitrogen and oxygen atoms in total. The minimum Gasteiger partial charge on any atom is -0.365 e. The summed E-state index contributed by atoms with van der Waals surface area (Å²) in [7, 11) is -1.79. The highest BCUT2D eigenvalue weighted by Crippen LogP contribution is 2.45. The first-order chi connectivity index (χ1) is 12.3. The summed E-state index contributed by atoms with van der Waals surface area (Å²) in [5.41, 5.74) is 0.126. The number of likely N-dealkylation sites (tertiary alicyclic amines) is 1. The number of morpholine rings is 1. The molecular formula is C17H22FN3O4S. The van der Waals surface area contributed by atoms with Crippen LogP contribution in [0.4, 0.5) is 9.18 Å². The Morgan fingerprint density at radius 1 is 1.35 bits per heavy atom. The van der Waals surface area contributed by atoms with Crippen LogP contribution >= 0.6 is 0 Å². The van der Waals surface area contributed by atoms with Crippen LogP contribution in [-0.2, 0) is 21.2 Å². The molecule has 1 aromatic carbocycles. The molecule has 9 heteroatoms. The predicted molar refractivity (Wildman–Crippen MR) is 92.6 cm³/mol. The van der Waals surface area contributed by atoms with Gasteiger partial charge < -0.3 is 15.0 Å². The topological polar surface area (TPSA) is 79.0 Å². The predicted octanol–water partition coefficient (Wildman–Crippen LogP) is 0.565. The molecule has 1 aromatic rings. The molecule has 3 aliphatic rings. The lowest BCUT2D eigenvalue weighted by atomic mass is 9.99. The third kappa shape index (κ3) is 2.87. The smallest absolute Gasteiger partial charge is 0.317 e. The van der Waals surface area contributed by atoms with Crippen LogP contribution in [0, 0.1) is 5.82 Å². The summed E-state index contributed by atoms with van der Waals surface area (Å²) in [6.07, 6.45) is 0.802. The third-order valence-electron chi connectivity index (χ3n) is 5.52. The minimum atomic E-state index is -3.35. The summed E-state index contributed by atoms with van der Waals surface area (Å²) in [6.45, 7) is 1.40. The number of carbonyl (C=O) groups excluding carboxylic acids is 1. The first kappa shape index (κ1) is 17.7. The molecule has 4 rings (SSSR count). The fourth-order valence-electron chi connectivity index (χ4n) is 4.29. The van der Waals surface area contributed by atoms with Gasteiger partial charge in [0.25, 0.3) is 0 Å². The van der Waals surface area contributed by atoms with Crippen LogP contribution in [0.15, 0.2) is 24.3 Å². The van der Waals surface area contributed by atoms with Gasteiger partial charge in [0.1, 0.15) is 16.7 Å². The van der Waals surface area contributed by atoms with E-state index in [1.165, 1.54) is 16.4 Å². The van der Waals surface area contributed by atoms with Crippen LogP contribution in [0.2, 0.25) is 0 Å². The van der Waals surface area contributed by atoms with Crippen molar-refractivity contribution < 1.29 is 22.3 Å². The maximum atomic E-state index is 12.9. The zero-order valence-corrected chi connectivity index (χ0v) is 15.3. The summed E-state index contributed by atoms with van der Waals surface area (Å²) in [5, 5.41) is 2.30. The lowest BCUT2D eigenvalue weighted by Crippen LogP contribution is -2.58. The van der Waals surface area contributed by atoms with Gasteiger partial charge >= 0.3 is 6.03 Å². The number of urea groups is 1. The highest BCUT2D eigenvalue weighted by Gasteiger charge is 2.64. The standard InChI is InChI=1S/C17H22FN3O4S/c1-20-10-17-11-21(9-14(25-17)8-15(17)26(20,23)24)16(22)19-7-6-12-2-4-13(18)5-3-12/h2-5,14-15H,6-11H2,1H3,(H,19,22)/t14-,15+,17-/m1/s1. The van der Waals surface area contributed by atoms with Gasteiger partial charge in [-0.1, -0.05) is 12.1 Å². The first-order valence-corrected chi connectivity index (χ1v) is 10.2. The maximum absolute atomic E-state index is 12.9. The van der Waals surface area contributed by atoms with E-state index in [4.69, 9.17) is 4.74 Å². The van der Waals surface area contributed by atoms with E-state index in [9.17, 15) is 17.6 Å². The van der Waals surface area contributed by atoms with Crippen molar-refractivity contribution in [3.8, 4) is 0 Å². The normalized spacial score (nSPS) is 32.5. The number of ether oxygens (including phenoxy) is 1. The molecule has 0 aromatic heterocycles. The van der Waals surface area contributed by atoms with E-state index in [1.54, 1.807) is 24.1 Å². The molecule has 0 saturated carbocycles. The number of hydrogen-bond acceptors (Lipinski definition) is 4. The molecule has 0 unspecified atom stereocenters. The molecule has 3 fully saturated rings. The number of hydrogen-bond donors (Lipinski definition) is 1. The highest BCUT2D eigenvalue weighted by atomic mass is 32.2. The Bertz CT molecular complexity index is 816. The average molecular weight is 383 g/mol. The van der Waals surface area contributed by atoms with Crippen molar-refractivity contribution in [2.75, 3.05) is 33.2 Å². The molecular weight excluding hydrogens is 361 g/mol. The molecule has 1 spiro atoms. The van der Waals surface area contributed by atoms with Gasteiger partial charge in [-0.15, -0.1) is 0 Å². The number of nitrogens with one attached hydrogen (secondary N) is 1. The van der Waals surface area contributed by atoms with Gasteiger partial charge in [-0.05, 0) is 30.5 Å². The summed E-state index contributed by atoms with van der Waals surface area (Å²) < 4.78 is 45.1. The number of rotatable bonds is 3. The van der Waals surface area contributed by atoms with E-state index in [0.29, 0.717) is 25.9 Å². The molecule has 26 heavy (non-hydrogen) atoms. The average Bonchev–Trinajstić information content (AvgIpc) is 2.95. The summed E-state index contributed by atoms with van der Waals surface area (Å²) in [6, 6.07) is 5.96. The van der Waals surface area contributed by atoms with Crippen LogP contribution in [-0.4, -0.2) is 73.8 Å². The summed E-state index contributed by atoms with van der Waals surface area (Å²) in [5.74, 6) is -0.285. The molecule has 3 aliphatic heterocycles. The summed E-state index contributed by atoms with van der Waals surface area (Å²) >= 11 is 0. The van der Waals surface area contributed by atoms with Crippen molar-refractivity contribution in [1.82, 2.24) is 14.5 Å². The molecule has 1 N–H and O–H groups in total. The largest absolute Gasteiger partial charge is 0.365 e. The van der Waals surface area contributed by atoms with Crippen LogP contribution in [0.25, 0.3) is 0 Å². The van der Waals surface area contributed by atoms with Gasteiger partial charge in [-0.25, -0.2) is 21.9 Å². The molecule has 2 amide bonds. The van der Waals surface area contributed by atoms with Crippen LogP contribution in [0.5, 0.6) is 0 Å². The van der Waals surface area contributed by atoms with Crippen molar-refractivity contribution in [3.63, 3.8) is 0 Å². The number of sulfonamides is 1. The molecule has 3 heterocycles. The highest BCUT2D eigenvalue weighted by molar-refractivity contribution is 7.90. The van der Waals surface area contributed by atoms with Gasteiger partial charge in [0.05, 0.1) is 12.6 Å². The van der Waals surface area contributed by atoms with E-state index >= 15 is 0 Å². The maximum Gasteiger partial charge on any atom is 0.317 e. The fourth-order valence-corrected chi connectivity index (χ4v) is 6.33. The quantitative estimate of drug-likeness (QED) is 0.828. The second-order valence-electron chi connectivity index (χ2n) is 7.32. The van der Waals surface area contributed by atoms with Gasteiger partial charge in [0, 0.05) is 26.7 Å². The van der Waals surface area contributed by atoms with Gasteiger partial charge in [-0.3, -0.25) is 0 Å². The van der Waals surface area contributed by atoms with Crippen molar-refractivity contribution in [3.05, 3.63) is 35.6 Å². The Kier molecular flexibility index (Phi) is 4.20. The van der Waals surface area contributed by atoms with Crippen molar-refractivity contribution in [1.29, 1.82) is 0 Å². The lowest BCUT2D eigenvalue weighted by Gasteiger charge is -2.39. The van der Waals surface area contributed by atoms with Gasteiger partial charge in [0.2, 0.25) is 10.0 Å². The molecule has 0 radical (unpaired) electrons. The van der Waals surface area contributed by atoms with Crippen molar-refractivity contribution in [2.24, 2.45) is 0 Å². The monoisotopic (exact) mass is 383 g/mol. The second-order valence-corrected chi connectivity index (χ2v) is 9.54. The Hall–Kier alpha value is -1.71. The van der Waals surface area contributed by atoms with E-state index in [0.717, 1.165) is 5.56 Å². The Labute approximate surface area is 152 Å². The molecule has 2 bridgehead atoms. The van der Waals surface area contributed by atoms with Crippen molar-refractivity contribution >= 4 is 16.1 Å². The number of carbonyl (C=O) groups is 1. The zero-order chi connectivity index (χ0) is 18.5.